The van der Waals surface area contributed by atoms with Gasteiger partial charge in [0.25, 0.3) is 0 Å². The summed E-state index contributed by atoms with van der Waals surface area (Å²) in [5, 5.41) is 2.48. The normalized spacial score (nSPS) is 15.6. The van der Waals surface area contributed by atoms with Gasteiger partial charge in [-0.2, -0.15) is 4.31 Å². The monoisotopic (exact) mass is 396 g/mol. The third-order valence-electron chi connectivity index (χ3n) is 4.82. The Morgan fingerprint density at radius 1 is 1.07 bits per heavy atom. The largest absolute Gasteiger partial charge is 0.352 e. The Bertz CT molecular complexity index is 787. The van der Waals surface area contributed by atoms with Crippen LogP contribution >= 0.6 is 0 Å². The molecule has 1 heterocycles. The number of nitrogens with one attached hydrogen (secondary N) is 1. The van der Waals surface area contributed by atoms with Crippen LogP contribution in [0.1, 0.15) is 30.4 Å². The Morgan fingerprint density at radius 3 is 2.33 bits per heavy atom. The van der Waals surface area contributed by atoms with Gasteiger partial charge in [-0.25, -0.2) is 13.2 Å². The molecule has 1 aliphatic rings. The molecule has 8 nitrogen and oxygen atoms in total. The van der Waals surface area contributed by atoms with Crippen LogP contribution in [0.25, 0.3) is 0 Å². The molecule has 150 valence electrons. The number of rotatable bonds is 7. The van der Waals surface area contributed by atoms with Gasteiger partial charge in [0.1, 0.15) is 0 Å². The number of amides is 3. The summed E-state index contributed by atoms with van der Waals surface area (Å²) in [6, 6.07) is 4.58. The Morgan fingerprint density at radius 2 is 1.74 bits per heavy atom. The summed E-state index contributed by atoms with van der Waals surface area (Å²) < 4.78 is 27.1. The number of benzene rings is 1. The highest BCUT2D eigenvalue weighted by atomic mass is 32.2. The number of unbranched alkanes of at least 4 members (excludes halogenated alkanes) is 1. The summed E-state index contributed by atoms with van der Waals surface area (Å²) >= 11 is 0. The maximum atomic E-state index is 12.8. The fourth-order valence-corrected chi connectivity index (χ4v) is 4.48. The van der Waals surface area contributed by atoms with Crippen molar-refractivity contribution in [2.24, 2.45) is 5.73 Å². The zero-order chi connectivity index (χ0) is 20.0. The third kappa shape index (κ3) is 5.67. The maximum absolute atomic E-state index is 12.8. The van der Waals surface area contributed by atoms with Crippen molar-refractivity contribution in [2.45, 2.75) is 38.0 Å². The summed E-state index contributed by atoms with van der Waals surface area (Å²) in [7, 11) is -3.54. The van der Waals surface area contributed by atoms with Crippen LogP contribution in [-0.2, 0) is 14.8 Å². The van der Waals surface area contributed by atoms with Crippen LogP contribution in [0.2, 0.25) is 0 Å². The van der Waals surface area contributed by atoms with Crippen LogP contribution < -0.4 is 11.1 Å². The van der Waals surface area contributed by atoms with Gasteiger partial charge in [-0.05, 0) is 49.9 Å². The number of carbonyl (C=O) groups excluding carboxylic acids is 2. The number of nitrogens with zero attached hydrogens (tertiary/aromatic N) is 2. The molecule has 0 radical (unpaired) electrons. The molecule has 1 aromatic rings. The van der Waals surface area contributed by atoms with E-state index >= 15 is 0 Å². The molecule has 0 bridgehead atoms. The molecule has 3 N–H and O–H groups in total. The third-order valence-corrected chi connectivity index (χ3v) is 6.72. The van der Waals surface area contributed by atoms with E-state index in [0.717, 1.165) is 11.1 Å². The van der Waals surface area contributed by atoms with Crippen molar-refractivity contribution in [3.05, 3.63) is 29.3 Å². The zero-order valence-electron chi connectivity index (χ0n) is 15.9. The van der Waals surface area contributed by atoms with Crippen molar-refractivity contribution in [3.8, 4) is 0 Å². The molecule has 27 heavy (non-hydrogen) atoms. The van der Waals surface area contributed by atoms with Gasteiger partial charge < -0.3 is 16.0 Å². The molecule has 1 aromatic carbocycles. The maximum Gasteiger partial charge on any atom is 0.312 e. The summed E-state index contributed by atoms with van der Waals surface area (Å²) in [5.74, 6) is 0.0114. The number of hydrogen-bond acceptors (Lipinski definition) is 4. The second kappa shape index (κ2) is 9.18. The first-order valence-corrected chi connectivity index (χ1v) is 10.5. The van der Waals surface area contributed by atoms with E-state index in [2.05, 4.69) is 5.32 Å². The van der Waals surface area contributed by atoms with Crippen molar-refractivity contribution < 1.29 is 18.0 Å². The highest BCUT2D eigenvalue weighted by Gasteiger charge is 2.30. The Hall–Kier alpha value is -2.13. The van der Waals surface area contributed by atoms with Crippen LogP contribution in [-0.4, -0.2) is 62.3 Å². The minimum Gasteiger partial charge on any atom is -0.352 e. The number of aryl methyl sites for hydroxylation is 2. The van der Waals surface area contributed by atoms with E-state index in [1.807, 2.05) is 19.9 Å². The smallest absolute Gasteiger partial charge is 0.312 e. The van der Waals surface area contributed by atoms with E-state index in [1.165, 1.54) is 4.31 Å². The highest BCUT2D eigenvalue weighted by Crippen LogP contribution is 2.20. The fraction of sp³-hybridized carbons (Fsp3) is 0.556. The lowest BCUT2D eigenvalue weighted by molar-refractivity contribution is -0.132. The summed E-state index contributed by atoms with van der Waals surface area (Å²) in [6.07, 6.45) is 1.71. The molecule has 0 aromatic heterocycles. The quantitative estimate of drug-likeness (QED) is 0.669. The Kier molecular flexibility index (Phi) is 7.20. The van der Waals surface area contributed by atoms with Gasteiger partial charge in [0.2, 0.25) is 15.9 Å². The van der Waals surface area contributed by atoms with Gasteiger partial charge in [-0.1, -0.05) is 6.07 Å². The van der Waals surface area contributed by atoms with E-state index in [-0.39, 0.29) is 5.91 Å². The van der Waals surface area contributed by atoms with Crippen LogP contribution in [0.4, 0.5) is 4.79 Å². The van der Waals surface area contributed by atoms with Crippen LogP contribution in [0.15, 0.2) is 23.1 Å². The van der Waals surface area contributed by atoms with Gasteiger partial charge in [0.15, 0.2) is 0 Å². The van der Waals surface area contributed by atoms with E-state index in [4.69, 9.17) is 5.73 Å². The lowest BCUT2D eigenvalue weighted by Gasteiger charge is -2.34. The van der Waals surface area contributed by atoms with Crippen molar-refractivity contribution >= 4 is 22.0 Å². The van der Waals surface area contributed by atoms with Gasteiger partial charge in [-0.15, -0.1) is 0 Å². The fourth-order valence-electron chi connectivity index (χ4n) is 2.97. The molecular weight excluding hydrogens is 368 g/mol. The second-order valence-electron chi connectivity index (χ2n) is 6.78. The molecule has 9 heteroatoms. The Balaban J connectivity index is 1.84. The predicted molar refractivity (Wildman–Crippen MR) is 103 cm³/mol. The molecule has 1 fully saturated rings. The SMILES string of the molecule is Cc1ccc(S(=O)(=O)N2CCN(C(=O)CCCCNC(N)=O)CC2)cc1C. The first-order chi connectivity index (χ1) is 12.7. The summed E-state index contributed by atoms with van der Waals surface area (Å²) in [4.78, 5) is 24.8. The minimum absolute atomic E-state index is 0.0114. The molecule has 0 unspecified atom stereocenters. The molecule has 0 aliphatic carbocycles. The van der Waals surface area contributed by atoms with Gasteiger partial charge >= 0.3 is 6.03 Å². The molecular formula is C18H28N4O4S. The second-order valence-corrected chi connectivity index (χ2v) is 8.72. The number of urea groups is 1. The standard InChI is InChI=1S/C18H28N4O4S/c1-14-6-7-16(13-15(14)2)27(25,26)22-11-9-21(10-12-22)17(23)5-3-4-8-20-18(19)24/h6-7,13H,3-5,8-12H2,1-2H3,(H3,19,20,24). The average molecular weight is 397 g/mol. The molecule has 1 saturated heterocycles. The van der Waals surface area contributed by atoms with Crippen molar-refractivity contribution in [2.75, 3.05) is 32.7 Å². The molecule has 2 rings (SSSR count). The topological polar surface area (TPSA) is 113 Å². The predicted octanol–water partition coefficient (Wildman–Crippen LogP) is 0.975. The number of nitrogens with two attached hydrogens (primary N) is 1. The van der Waals surface area contributed by atoms with Crippen LogP contribution in [0, 0.1) is 13.8 Å². The zero-order valence-corrected chi connectivity index (χ0v) is 16.7. The molecule has 1 aliphatic heterocycles. The Labute approximate surface area is 160 Å². The molecule has 3 amide bonds. The van der Waals surface area contributed by atoms with Crippen molar-refractivity contribution in [3.63, 3.8) is 0 Å². The average Bonchev–Trinajstić information content (AvgIpc) is 2.63. The van der Waals surface area contributed by atoms with E-state index < -0.39 is 16.1 Å². The van der Waals surface area contributed by atoms with Crippen LogP contribution in [0.5, 0.6) is 0 Å². The van der Waals surface area contributed by atoms with Crippen LogP contribution in [0.3, 0.4) is 0 Å². The molecule has 0 saturated carbocycles. The number of sulfonamides is 1. The minimum atomic E-state index is -3.54. The van der Waals surface area contributed by atoms with Crippen molar-refractivity contribution in [1.82, 2.24) is 14.5 Å². The number of carbonyl (C=O) groups is 2. The molecule has 0 spiro atoms. The van der Waals surface area contributed by atoms with Gasteiger partial charge in [0.05, 0.1) is 4.90 Å². The van der Waals surface area contributed by atoms with E-state index in [9.17, 15) is 18.0 Å². The highest BCUT2D eigenvalue weighted by molar-refractivity contribution is 7.89. The number of piperazine rings is 1. The lowest BCUT2D eigenvalue weighted by Crippen LogP contribution is -2.50. The van der Waals surface area contributed by atoms with E-state index in [0.29, 0.717) is 56.9 Å². The summed E-state index contributed by atoms with van der Waals surface area (Å²) in [5.41, 5.74) is 6.97. The summed E-state index contributed by atoms with van der Waals surface area (Å²) in [6.45, 7) is 5.66. The van der Waals surface area contributed by atoms with Gasteiger partial charge in [0, 0.05) is 39.1 Å². The van der Waals surface area contributed by atoms with Crippen molar-refractivity contribution in [1.29, 1.82) is 0 Å². The van der Waals surface area contributed by atoms with E-state index in [1.54, 1.807) is 17.0 Å². The molecule has 0 atom stereocenters. The first-order valence-electron chi connectivity index (χ1n) is 9.10. The first kappa shape index (κ1) is 21.2. The van der Waals surface area contributed by atoms with Gasteiger partial charge in [-0.3, -0.25) is 4.79 Å². The number of hydrogen-bond donors (Lipinski definition) is 2. The lowest BCUT2D eigenvalue weighted by atomic mass is 10.1. The number of primary amides is 1.